The molecule has 216 valence electrons. The standard InChI is InChI=1S/C25H33N7O7S/c1-4-6-20-22-23(29(3)28-20)25(33)27-24(26-22)19-9-18(7-8-21(19)38-5-2)40(36,37)31-13-16(14-31)10-30-11-17(12-30)15-39-32(34)35/h7-9,16-17H,4-6,10-15H2,1-3H3,(H,26,27,33). The van der Waals surface area contributed by atoms with E-state index in [-0.39, 0.29) is 34.7 Å². The molecule has 1 aromatic carbocycles. The first-order valence-electron chi connectivity index (χ1n) is 13.3. The molecule has 2 saturated heterocycles. The van der Waals surface area contributed by atoms with Crippen molar-refractivity contribution in [3.05, 3.63) is 44.4 Å². The molecule has 2 fully saturated rings. The summed E-state index contributed by atoms with van der Waals surface area (Å²) < 4.78 is 35.7. The Morgan fingerprint density at radius 1 is 1.18 bits per heavy atom. The molecule has 0 saturated carbocycles. The predicted molar refractivity (Wildman–Crippen MR) is 145 cm³/mol. The van der Waals surface area contributed by atoms with Gasteiger partial charge in [0.2, 0.25) is 10.0 Å². The number of sulfonamides is 1. The lowest BCUT2D eigenvalue weighted by Crippen LogP contribution is -2.58. The minimum atomic E-state index is -3.79. The second-order valence-corrected chi connectivity index (χ2v) is 12.3. The first-order chi connectivity index (χ1) is 19.1. The summed E-state index contributed by atoms with van der Waals surface area (Å²) in [5, 5.41) is 14.0. The molecule has 1 N–H and O–H groups in total. The Kier molecular flexibility index (Phi) is 7.79. The summed E-state index contributed by atoms with van der Waals surface area (Å²) in [4.78, 5) is 37.5. The van der Waals surface area contributed by atoms with Crippen molar-refractivity contribution in [2.24, 2.45) is 18.9 Å². The Hall–Kier alpha value is -3.56. The zero-order valence-corrected chi connectivity index (χ0v) is 23.5. The highest BCUT2D eigenvalue weighted by Crippen LogP contribution is 2.34. The molecule has 0 atom stereocenters. The molecule has 5 rings (SSSR count). The number of aromatic nitrogens is 4. The van der Waals surface area contributed by atoms with E-state index in [1.807, 2.05) is 13.8 Å². The molecule has 2 aliphatic heterocycles. The summed E-state index contributed by atoms with van der Waals surface area (Å²) in [5.74, 6) is 0.937. The van der Waals surface area contributed by atoms with Crippen molar-refractivity contribution in [3.8, 4) is 17.1 Å². The van der Waals surface area contributed by atoms with Crippen molar-refractivity contribution in [2.45, 2.75) is 31.6 Å². The van der Waals surface area contributed by atoms with Crippen molar-refractivity contribution in [1.82, 2.24) is 29.0 Å². The number of nitrogens with zero attached hydrogens (tertiary/aromatic N) is 6. The number of nitrogens with one attached hydrogen (secondary N) is 1. The van der Waals surface area contributed by atoms with E-state index in [0.717, 1.165) is 13.0 Å². The first kappa shape index (κ1) is 28.0. The third-order valence-corrected chi connectivity index (χ3v) is 9.11. The molecule has 0 aliphatic carbocycles. The Balaban J connectivity index is 1.34. The van der Waals surface area contributed by atoms with Gasteiger partial charge in [0.05, 0.1) is 22.8 Å². The number of likely N-dealkylation sites (tertiary alicyclic amines) is 1. The van der Waals surface area contributed by atoms with Gasteiger partial charge in [-0.05, 0) is 37.5 Å². The fourth-order valence-corrected chi connectivity index (χ4v) is 6.98. The largest absolute Gasteiger partial charge is 0.493 e. The number of aromatic amines is 1. The highest BCUT2D eigenvalue weighted by molar-refractivity contribution is 7.89. The monoisotopic (exact) mass is 575 g/mol. The van der Waals surface area contributed by atoms with E-state index in [9.17, 15) is 23.3 Å². The number of aryl methyl sites for hydroxylation is 2. The van der Waals surface area contributed by atoms with E-state index < -0.39 is 15.1 Å². The Morgan fingerprint density at radius 3 is 2.60 bits per heavy atom. The number of hydrogen-bond acceptors (Lipinski definition) is 10. The zero-order valence-electron chi connectivity index (χ0n) is 22.7. The lowest BCUT2D eigenvalue weighted by molar-refractivity contribution is -0.759. The minimum absolute atomic E-state index is 0.0858. The van der Waals surface area contributed by atoms with Crippen LogP contribution in [-0.2, 0) is 28.3 Å². The maximum absolute atomic E-state index is 13.5. The van der Waals surface area contributed by atoms with Gasteiger partial charge in [-0.3, -0.25) is 9.48 Å². The fraction of sp³-hybridized carbons (Fsp3) is 0.560. The molecule has 0 amide bonds. The number of fused-ring (bicyclic) bond motifs is 1. The maximum Gasteiger partial charge on any atom is 0.294 e. The predicted octanol–water partition coefficient (Wildman–Crippen LogP) is 1.44. The molecule has 0 unspecified atom stereocenters. The normalized spacial score (nSPS) is 17.1. The SMILES string of the molecule is CCCc1nn(C)c2c(=O)[nH]c(-c3cc(S(=O)(=O)N4CC(CN5CC(CO[N+](=O)[O-])C5)C4)ccc3OCC)nc12. The van der Waals surface area contributed by atoms with Crippen LogP contribution in [0.3, 0.4) is 0 Å². The van der Waals surface area contributed by atoms with Crippen molar-refractivity contribution in [2.75, 3.05) is 45.9 Å². The van der Waals surface area contributed by atoms with Gasteiger partial charge in [0.25, 0.3) is 10.6 Å². The smallest absolute Gasteiger partial charge is 0.294 e. The number of hydrogen-bond donors (Lipinski definition) is 1. The molecule has 14 nitrogen and oxygen atoms in total. The maximum atomic E-state index is 13.5. The summed E-state index contributed by atoms with van der Waals surface area (Å²) >= 11 is 0. The Bertz CT molecular complexity index is 1570. The van der Waals surface area contributed by atoms with E-state index in [2.05, 4.69) is 19.8 Å². The molecule has 0 bridgehead atoms. The molecular formula is C25H33N7O7S. The van der Waals surface area contributed by atoms with Crippen LogP contribution in [0.25, 0.3) is 22.4 Å². The van der Waals surface area contributed by atoms with Gasteiger partial charge in [-0.1, -0.05) is 13.3 Å². The summed E-state index contributed by atoms with van der Waals surface area (Å²) in [7, 11) is -2.09. The fourth-order valence-electron chi connectivity index (χ4n) is 5.36. The highest BCUT2D eigenvalue weighted by Gasteiger charge is 2.39. The topological polar surface area (TPSA) is 166 Å². The second-order valence-electron chi connectivity index (χ2n) is 10.3. The third-order valence-electron chi connectivity index (χ3n) is 7.28. The van der Waals surface area contributed by atoms with Gasteiger partial charge in [-0.2, -0.15) is 9.40 Å². The highest BCUT2D eigenvalue weighted by atomic mass is 32.2. The second kappa shape index (κ2) is 11.1. The average Bonchev–Trinajstić information content (AvgIpc) is 3.17. The van der Waals surface area contributed by atoms with Crippen LogP contribution in [0.5, 0.6) is 5.75 Å². The lowest BCUT2D eigenvalue weighted by Gasteiger charge is -2.45. The minimum Gasteiger partial charge on any atom is -0.493 e. The van der Waals surface area contributed by atoms with Crippen LogP contribution in [0, 0.1) is 22.0 Å². The average molecular weight is 576 g/mol. The molecular weight excluding hydrogens is 542 g/mol. The van der Waals surface area contributed by atoms with Crippen LogP contribution >= 0.6 is 0 Å². The molecule has 40 heavy (non-hydrogen) atoms. The van der Waals surface area contributed by atoms with Crippen LogP contribution in [0.1, 0.15) is 26.0 Å². The van der Waals surface area contributed by atoms with E-state index in [1.165, 1.54) is 21.1 Å². The quantitative estimate of drug-likeness (QED) is 0.247. The van der Waals surface area contributed by atoms with E-state index in [4.69, 9.17) is 9.72 Å². The molecule has 0 spiro atoms. The summed E-state index contributed by atoms with van der Waals surface area (Å²) in [6, 6.07) is 4.61. The van der Waals surface area contributed by atoms with Gasteiger partial charge in [0.15, 0.2) is 5.52 Å². The van der Waals surface area contributed by atoms with Gasteiger partial charge >= 0.3 is 0 Å². The van der Waals surface area contributed by atoms with Crippen LogP contribution in [0.2, 0.25) is 0 Å². The van der Waals surface area contributed by atoms with Crippen LogP contribution < -0.4 is 10.3 Å². The summed E-state index contributed by atoms with van der Waals surface area (Å²) in [6.07, 6.45) is 1.49. The first-order valence-corrected chi connectivity index (χ1v) is 14.8. The zero-order chi connectivity index (χ0) is 28.6. The van der Waals surface area contributed by atoms with Gasteiger partial charge in [0.1, 0.15) is 23.7 Å². The lowest BCUT2D eigenvalue weighted by atomic mass is 9.96. The Labute approximate surface area is 231 Å². The van der Waals surface area contributed by atoms with Crippen molar-refractivity contribution in [3.63, 3.8) is 0 Å². The van der Waals surface area contributed by atoms with Gasteiger partial charge in [-0.15, -0.1) is 10.1 Å². The number of H-pyrrole nitrogens is 1. The summed E-state index contributed by atoms with van der Waals surface area (Å²) in [5.41, 5.74) is 1.58. The van der Waals surface area contributed by atoms with Gasteiger partial charge < -0.3 is 19.5 Å². The molecule has 2 aromatic heterocycles. The molecule has 0 radical (unpaired) electrons. The number of ether oxygens (including phenoxy) is 1. The van der Waals surface area contributed by atoms with E-state index in [1.54, 1.807) is 13.1 Å². The molecule has 2 aliphatic rings. The van der Waals surface area contributed by atoms with E-state index in [0.29, 0.717) is 67.2 Å². The van der Waals surface area contributed by atoms with Crippen LogP contribution in [0.15, 0.2) is 27.9 Å². The number of benzene rings is 1. The van der Waals surface area contributed by atoms with Gasteiger partial charge in [-0.25, -0.2) is 13.4 Å². The molecule has 4 heterocycles. The third kappa shape index (κ3) is 5.40. The van der Waals surface area contributed by atoms with Gasteiger partial charge in [0, 0.05) is 45.7 Å². The van der Waals surface area contributed by atoms with E-state index >= 15 is 0 Å². The van der Waals surface area contributed by atoms with Crippen LogP contribution in [-0.4, -0.2) is 88.4 Å². The molecule has 3 aromatic rings. The summed E-state index contributed by atoms with van der Waals surface area (Å²) in [6.45, 7) is 7.17. The Morgan fingerprint density at radius 2 is 1.93 bits per heavy atom. The number of rotatable bonds is 12. The van der Waals surface area contributed by atoms with Crippen molar-refractivity contribution >= 4 is 21.1 Å². The molecule has 15 heteroatoms. The van der Waals surface area contributed by atoms with Crippen molar-refractivity contribution in [1.29, 1.82) is 0 Å². The van der Waals surface area contributed by atoms with Crippen molar-refractivity contribution < 1.29 is 23.1 Å². The van der Waals surface area contributed by atoms with Crippen LogP contribution in [0.4, 0.5) is 0 Å².